The first-order valence-corrected chi connectivity index (χ1v) is 6.55. The van der Waals surface area contributed by atoms with Crippen molar-refractivity contribution in [1.82, 2.24) is 5.32 Å². The monoisotopic (exact) mass is 251 g/mol. The third-order valence-corrected chi connectivity index (χ3v) is 3.18. The smallest absolute Gasteiger partial charge is 0.0441 e. The summed E-state index contributed by atoms with van der Waals surface area (Å²) in [6.07, 6.45) is 3.31. The Balaban J connectivity index is 2.59. The number of halogens is 1. The van der Waals surface area contributed by atoms with Crippen molar-refractivity contribution in [1.29, 1.82) is 0 Å². The van der Waals surface area contributed by atoms with Crippen molar-refractivity contribution in [3.63, 3.8) is 0 Å². The molecule has 17 heavy (non-hydrogen) atoms. The summed E-state index contributed by atoms with van der Waals surface area (Å²) in [6.45, 7) is 9.51. The molecule has 0 heterocycles. The molecule has 0 aromatic heterocycles. The molecule has 0 atom stereocenters. The zero-order valence-electron chi connectivity index (χ0n) is 11.2. The fourth-order valence-corrected chi connectivity index (χ4v) is 1.80. The highest BCUT2D eigenvalue weighted by Crippen LogP contribution is 2.21. The van der Waals surface area contributed by atoms with Gasteiger partial charge in [0.1, 0.15) is 0 Å². The van der Waals surface area contributed by atoms with Gasteiger partial charge in [-0.05, 0) is 49.6 Å². The Hall–Kier alpha value is -0.790. The molecule has 0 unspecified atom stereocenters. The largest absolute Gasteiger partial charge is 0.314 e. The third kappa shape index (κ3) is 4.93. The Morgan fingerprint density at radius 1 is 1.41 bits per heavy atom. The lowest BCUT2D eigenvalue weighted by Gasteiger charge is -2.07. The van der Waals surface area contributed by atoms with Gasteiger partial charge in [0.25, 0.3) is 0 Å². The van der Waals surface area contributed by atoms with Crippen LogP contribution < -0.4 is 5.32 Å². The molecule has 1 aromatic rings. The Kier molecular flexibility index (Phi) is 5.73. The van der Waals surface area contributed by atoms with Crippen LogP contribution in [0.15, 0.2) is 24.3 Å². The predicted octanol–water partition coefficient (Wildman–Crippen LogP) is 4.44. The van der Waals surface area contributed by atoms with Crippen molar-refractivity contribution >= 4 is 17.2 Å². The van der Waals surface area contributed by atoms with E-state index in [9.17, 15) is 0 Å². The molecule has 0 aliphatic rings. The SMILES string of the molecule is C/C(=C/CCNC(C)C)c1ccc(C)c(Cl)c1. The van der Waals surface area contributed by atoms with Crippen LogP contribution in [0.5, 0.6) is 0 Å². The first kappa shape index (κ1) is 14.3. The summed E-state index contributed by atoms with van der Waals surface area (Å²) < 4.78 is 0. The quantitative estimate of drug-likeness (QED) is 0.763. The normalized spacial score (nSPS) is 12.2. The minimum atomic E-state index is 0.553. The van der Waals surface area contributed by atoms with Crippen LogP contribution in [0.1, 0.15) is 38.3 Å². The highest BCUT2D eigenvalue weighted by molar-refractivity contribution is 6.31. The third-order valence-electron chi connectivity index (χ3n) is 2.77. The predicted molar refractivity (Wildman–Crippen MR) is 77.6 cm³/mol. The van der Waals surface area contributed by atoms with Crippen molar-refractivity contribution in [2.24, 2.45) is 0 Å². The molecule has 0 spiro atoms. The van der Waals surface area contributed by atoms with Gasteiger partial charge < -0.3 is 5.32 Å². The van der Waals surface area contributed by atoms with Gasteiger partial charge in [0.15, 0.2) is 0 Å². The number of benzene rings is 1. The Morgan fingerprint density at radius 2 is 2.12 bits per heavy atom. The molecule has 0 fully saturated rings. The van der Waals surface area contributed by atoms with Gasteiger partial charge in [-0.15, -0.1) is 0 Å². The van der Waals surface area contributed by atoms with Gasteiger partial charge in [-0.1, -0.05) is 43.7 Å². The molecule has 1 nitrogen and oxygen atoms in total. The van der Waals surface area contributed by atoms with Gasteiger partial charge in [-0.2, -0.15) is 0 Å². The zero-order chi connectivity index (χ0) is 12.8. The highest BCUT2D eigenvalue weighted by Gasteiger charge is 1.99. The number of aryl methyl sites for hydroxylation is 1. The van der Waals surface area contributed by atoms with E-state index >= 15 is 0 Å². The van der Waals surface area contributed by atoms with Crippen molar-refractivity contribution in [2.75, 3.05) is 6.54 Å². The molecule has 0 aliphatic heterocycles. The van der Waals surface area contributed by atoms with Crippen LogP contribution in [0.2, 0.25) is 5.02 Å². The number of allylic oxidation sites excluding steroid dienone is 1. The minimum Gasteiger partial charge on any atom is -0.314 e. The molecule has 2 heteroatoms. The second-order valence-electron chi connectivity index (χ2n) is 4.75. The van der Waals surface area contributed by atoms with E-state index in [4.69, 9.17) is 11.6 Å². The van der Waals surface area contributed by atoms with Crippen molar-refractivity contribution in [3.05, 3.63) is 40.4 Å². The minimum absolute atomic E-state index is 0.553. The van der Waals surface area contributed by atoms with Crippen LogP contribution in [-0.2, 0) is 0 Å². The van der Waals surface area contributed by atoms with E-state index < -0.39 is 0 Å². The van der Waals surface area contributed by atoms with Gasteiger partial charge in [0, 0.05) is 11.1 Å². The molecule has 0 radical (unpaired) electrons. The van der Waals surface area contributed by atoms with Crippen LogP contribution in [0.4, 0.5) is 0 Å². The first-order chi connectivity index (χ1) is 8.00. The van der Waals surface area contributed by atoms with Crippen LogP contribution >= 0.6 is 11.6 Å². The lowest BCUT2D eigenvalue weighted by atomic mass is 10.0. The second-order valence-corrected chi connectivity index (χ2v) is 5.16. The topological polar surface area (TPSA) is 12.0 Å². The van der Waals surface area contributed by atoms with Crippen LogP contribution in [0.3, 0.4) is 0 Å². The van der Waals surface area contributed by atoms with E-state index in [1.807, 2.05) is 13.0 Å². The Bertz CT molecular complexity index is 394. The molecule has 1 aromatic carbocycles. The Morgan fingerprint density at radius 3 is 2.71 bits per heavy atom. The lowest BCUT2D eigenvalue weighted by Crippen LogP contribution is -2.23. The maximum Gasteiger partial charge on any atom is 0.0441 e. The molecule has 1 N–H and O–H groups in total. The summed E-state index contributed by atoms with van der Waals surface area (Å²) in [5, 5.41) is 4.25. The van der Waals surface area contributed by atoms with E-state index in [0.29, 0.717) is 6.04 Å². The van der Waals surface area contributed by atoms with Crippen LogP contribution in [0, 0.1) is 6.92 Å². The fraction of sp³-hybridized carbons (Fsp3) is 0.467. The summed E-state index contributed by atoms with van der Waals surface area (Å²) in [5.74, 6) is 0. The van der Waals surface area contributed by atoms with E-state index in [1.54, 1.807) is 0 Å². The summed E-state index contributed by atoms with van der Waals surface area (Å²) in [4.78, 5) is 0. The molecule has 1 rings (SSSR count). The molecule has 0 amide bonds. The Labute approximate surface area is 110 Å². The number of rotatable bonds is 5. The molecular formula is C15H22ClN. The molecule has 94 valence electrons. The van der Waals surface area contributed by atoms with Gasteiger partial charge in [0.2, 0.25) is 0 Å². The van der Waals surface area contributed by atoms with E-state index in [2.05, 4.69) is 44.3 Å². The second kappa shape index (κ2) is 6.83. The summed E-state index contributed by atoms with van der Waals surface area (Å²) in [6, 6.07) is 6.79. The molecule has 0 saturated heterocycles. The summed E-state index contributed by atoms with van der Waals surface area (Å²) in [7, 11) is 0. The first-order valence-electron chi connectivity index (χ1n) is 6.17. The van der Waals surface area contributed by atoms with Gasteiger partial charge >= 0.3 is 0 Å². The van der Waals surface area contributed by atoms with E-state index in [-0.39, 0.29) is 0 Å². The average Bonchev–Trinajstić information content (AvgIpc) is 2.27. The molecule has 0 aliphatic carbocycles. The van der Waals surface area contributed by atoms with Crippen molar-refractivity contribution in [3.8, 4) is 0 Å². The summed E-state index contributed by atoms with van der Waals surface area (Å²) >= 11 is 6.12. The molecule has 0 bridgehead atoms. The van der Waals surface area contributed by atoms with Gasteiger partial charge in [-0.25, -0.2) is 0 Å². The zero-order valence-corrected chi connectivity index (χ0v) is 11.9. The highest BCUT2D eigenvalue weighted by atomic mass is 35.5. The maximum absolute atomic E-state index is 6.12. The van der Waals surface area contributed by atoms with E-state index in [1.165, 1.54) is 11.1 Å². The molecule has 0 saturated carbocycles. The van der Waals surface area contributed by atoms with Crippen LogP contribution in [0.25, 0.3) is 5.57 Å². The number of nitrogens with one attached hydrogen (secondary N) is 1. The molecular weight excluding hydrogens is 230 g/mol. The summed E-state index contributed by atoms with van der Waals surface area (Å²) in [5.41, 5.74) is 3.63. The standard InChI is InChI=1S/C15H22ClN/c1-11(2)17-9-5-6-12(3)14-8-7-13(4)15(16)10-14/h6-8,10-11,17H,5,9H2,1-4H3/b12-6-. The average molecular weight is 252 g/mol. The number of hydrogen-bond acceptors (Lipinski definition) is 1. The number of hydrogen-bond donors (Lipinski definition) is 1. The fourth-order valence-electron chi connectivity index (χ4n) is 1.62. The van der Waals surface area contributed by atoms with Gasteiger partial charge in [0.05, 0.1) is 0 Å². The lowest BCUT2D eigenvalue weighted by molar-refractivity contribution is 0.595. The van der Waals surface area contributed by atoms with Crippen LogP contribution in [-0.4, -0.2) is 12.6 Å². The van der Waals surface area contributed by atoms with E-state index in [0.717, 1.165) is 23.6 Å². The maximum atomic E-state index is 6.12. The van der Waals surface area contributed by atoms with Gasteiger partial charge in [-0.3, -0.25) is 0 Å². The van der Waals surface area contributed by atoms with Crippen molar-refractivity contribution in [2.45, 2.75) is 40.2 Å². The van der Waals surface area contributed by atoms with Crippen molar-refractivity contribution < 1.29 is 0 Å².